The van der Waals surface area contributed by atoms with Crippen molar-refractivity contribution in [1.29, 1.82) is 0 Å². The highest BCUT2D eigenvalue weighted by Crippen LogP contribution is 2.33. The number of nitrogens with zero attached hydrogens (tertiary/aromatic N) is 1. The fraction of sp³-hybridized carbons (Fsp3) is 0.312. The van der Waals surface area contributed by atoms with Crippen molar-refractivity contribution in [2.24, 2.45) is 5.73 Å². The lowest BCUT2D eigenvalue weighted by Crippen LogP contribution is -2.03. The second-order valence-electron chi connectivity index (χ2n) is 4.87. The van der Waals surface area contributed by atoms with E-state index < -0.39 is 0 Å². The third-order valence-electron chi connectivity index (χ3n) is 3.76. The minimum Gasteiger partial charge on any atom is -0.326 e. The summed E-state index contributed by atoms with van der Waals surface area (Å²) in [5, 5.41) is 0. The van der Waals surface area contributed by atoms with Gasteiger partial charge in [-0.05, 0) is 72.7 Å². The summed E-state index contributed by atoms with van der Waals surface area (Å²) in [5.74, 6) is 0. The summed E-state index contributed by atoms with van der Waals surface area (Å²) < 4.78 is 0. The molecule has 1 aromatic heterocycles. The summed E-state index contributed by atoms with van der Waals surface area (Å²) in [6, 6.07) is 4.31. The van der Waals surface area contributed by atoms with E-state index in [1.54, 1.807) is 0 Å². The summed E-state index contributed by atoms with van der Waals surface area (Å²) in [4.78, 5) is 4.17. The molecule has 2 nitrogen and oxygen atoms in total. The van der Waals surface area contributed by atoms with Gasteiger partial charge in [-0.1, -0.05) is 6.07 Å². The van der Waals surface area contributed by atoms with Gasteiger partial charge in [0.05, 0.1) is 0 Å². The van der Waals surface area contributed by atoms with Crippen LogP contribution < -0.4 is 5.73 Å². The quantitative estimate of drug-likeness (QED) is 0.873. The molecule has 1 aromatic carbocycles. The van der Waals surface area contributed by atoms with Gasteiger partial charge < -0.3 is 5.73 Å². The summed E-state index contributed by atoms with van der Waals surface area (Å²) in [6.07, 6.45) is 3.71. The summed E-state index contributed by atoms with van der Waals surface area (Å²) in [5.41, 5.74) is 14.8. The Labute approximate surface area is 109 Å². The molecule has 2 heteroatoms. The minimum atomic E-state index is 0.523. The Balaban J connectivity index is 2.78. The van der Waals surface area contributed by atoms with Gasteiger partial charge in [0.25, 0.3) is 0 Å². The van der Waals surface area contributed by atoms with Gasteiger partial charge in [0, 0.05) is 18.9 Å². The van der Waals surface area contributed by atoms with Crippen LogP contribution in [0.25, 0.3) is 11.1 Å². The largest absolute Gasteiger partial charge is 0.326 e. The average molecular weight is 240 g/mol. The highest BCUT2D eigenvalue weighted by atomic mass is 14.6. The van der Waals surface area contributed by atoms with Gasteiger partial charge in [-0.25, -0.2) is 0 Å². The van der Waals surface area contributed by atoms with Crippen molar-refractivity contribution in [2.75, 3.05) is 0 Å². The number of pyridine rings is 1. The molecule has 0 saturated carbocycles. The third kappa shape index (κ3) is 2.04. The fourth-order valence-corrected chi connectivity index (χ4v) is 2.45. The van der Waals surface area contributed by atoms with Crippen molar-refractivity contribution in [1.82, 2.24) is 4.98 Å². The molecular formula is C16H20N2. The molecule has 1 heterocycles. The molecule has 2 N–H and O–H groups in total. The fourth-order valence-electron chi connectivity index (χ4n) is 2.45. The van der Waals surface area contributed by atoms with Gasteiger partial charge in [-0.2, -0.15) is 0 Å². The van der Waals surface area contributed by atoms with Crippen molar-refractivity contribution in [3.63, 3.8) is 0 Å². The summed E-state index contributed by atoms with van der Waals surface area (Å²) >= 11 is 0. The molecule has 94 valence electrons. The van der Waals surface area contributed by atoms with E-state index >= 15 is 0 Å². The molecular weight excluding hydrogens is 220 g/mol. The van der Waals surface area contributed by atoms with Gasteiger partial charge in [0.2, 0.25) is 0 Å². The predicted octanol–water partition coefficient (Wildman–Crippen LogP) is 3.44. The molecule has 0 bridgehead atoms. The van der Waals surface area contributed by atoms with E-state index in [0.717, 1.165) is 5.56 Å². The lowest BCUT2D eigenvalue weighted by atomic mass is 9.88. The zero-order valence-electron chi connectivity index (χ0n) is 11.5. The second-order valence-corrected chi connectivity index (χ2v) is 4.87. The van der Waals surface area contributed by atoms with Crippen LogP contribution in [0.4, 0.5) is 0 Å². The van der Waals surface area contributed by atoms with Crippen molar-refractivity contribution in [2.45, 2.75) is 34.2 Å². The molecule has 0 amide bonds. The standard InChI is InChI=1S/C16H20N2/c1-10-7-11(2)13(4)16(12(10)3)15-5-6-18-9-14(15)8-17/h5-7,9H,8,17H2,1-4H3. The Morgan fingerprint density at radius 1 is 1.06 bits per heavy atom. The van der Waals surface area contributed by atoms with E-state index in [1.165, 1.54) is 33.4 Å². The smallest absolute Gasteiger partial charge is 0.0318 e. The van der Waals surface area contributed by atoms with Crippen LogP contribution in [0.5, 0.6) is 0 Å². The molecule has 18 heavy (non-hydrogen) atoms. The first-order chi connectivity index (χ1) is 8.56. The van der Waals surface area contributed by atoms with Crippen LogP contribution in [0, 0.1) is 27.7 Å². The Kier molecular flexibility index (Phi) is 3.48. The zero-order chi connectivity index (χ0) is 13.3. The topological polar surface area (TPSA) is 38.9 Å². The zero-order valence-corrected chi connectivity index (χ0v) is 11.5. The summed E-state index contributed by atoms with van der Waals surface area (Å²) in [6.45, 7) is 9.20. The molecule has 0 aliphatic heterocycles. The molecule has 0 spiro atoms. The Morgan fingerprint density at radius 2 is 1.67 bits per heavy atom. The number of hydrogen-bond acceptors (Lipinski definition) is 2. The van der Waals surface area contributed by atoms with E-state index in [0.29, 0.717) is 6.54 Å². The van der Waals surface area contributed by atoms with Gasteiger partial charge in [0.1, 0.15) is 0 Å². The number of rotatable bonds is 2. The maximum absolute atomic E-state index is 5.82. The number of aromatic nitrogens is 1. The first kappa shape index (κ1) is 12.8. The van der Waals surface area contributed by atoms with Gasteiger partial charge >= 0.3 is 0 Å². The molecule has 0 radical (unpaired) electrons. The molecule has 2 rings (SSSR count). The maximum atomic E-state index is 5.82. The number of hydrogen-bond donors (Lipinski definition) is 1. The van der Waals surface area contributed by atoms with Crippen LogP contribution >= 0.6 is 0 Å². The van der Waals surface area contributed by atoms with Crippen LogP contribution in [0.15, 0.2) is 24.5 Å². The van der Waals surface area contributed by atoms with Crippen LogP contribution in [-0.2, 0) is 6.54 Å². The molecule has 0 aliphatic rings. The molecule has 0 unspecified atom stereocenters. The van der Waals surface area contributed by atoms with Gasteiger partial charge in [0.15, 0.2) is 0 Å². The molecule has 2 aromatic rings. The van der Waals surface area contributed by atoms with Crippen molar-refractivity contribution in [3.8, 4) is 11.1 Å². The monoisotopic (exact) mass is 240 g/mol. The second kappa shape index (κ2) is 4.91. The molecule has 0 aliphatic carbocycles. The highest BCUT2D eigenvalue weighted by Gasteiger charge is 2.13. The number of aryl methyl sites for hydroxylation is 2. The Morgan fingerprint density at radius 3 is 2.22 bits per heavy atom. The van der Waals surface area contributed by atoms with Crippen molar-refractivity contribution >= 4 is 0 Å². The van der Waals surface area contributed by atoms with E-state index in [2.05, 4.69) is 44.8 Å². The Hall–Kier alpha value is -1.67. The normalized spacial score (nSPS) is 10.7. The first-order valence-electron chi connectivity index (χ1n) is 6.27. The molecule has 0 saturated heterocycles. The van der Waals surface area contributed by atoms with Crippen LogP contribution in [0.1, 0.15) is 27.8 Å². The minimum absolute atomic E-state index is 0.523. The van der Waals surface area contributed by atoms with Crippen LogP contribution in [-0.4, -0.2) is 4.98 Å². The summed E-state index contributed by atoms with van der Waals surface area (Å²) in [7, 11) is 0. The van der Waals surface area contributed by atoms with Crippen LogP contribution in [0.2, 0.25) is 0 Å². The predicted molar refractivity (Wildman–Crippen MR) is 76.5 cm³/mol. The van der Waals surface area contributed by atoms with E-state index in [1.807, 2.05) is 12.4 Å². The lowest BCUT2D eigenvalue weighted by molar-refractivity contribution is 1.05. The van der Waals surface area contributed by atoms with Crippen molar-refractivity contribution in [3.05, 3.63) is 52.3 Å². The van der Waals surface area contributed by atoms with E-state index in [-0.39, 0.29) is 0 Å². The van der Waals surface area contributed by atoms with Gasteiger partial charge in [-0.3, -0.25) is 4.98 Å². The molecule has 0 atom stereocenters. The highest BCUT2D eigenvalue weighted by molar-refractivity contribution is 5.75. The maximum Gasteiger partial charge on any atom is 0.0318 e. The molecule has 0 fully saturated rings. The Bertz CT molecular complexity index is 560. The SMILES string of the molecule is Cc1cc(C)c(C)c(-c2ccncc2CN)c1C. The third-order valence-corrected chi connectivity index (χ3v) is 3.76. The number of benzene rings is 1. The van der Waals surface area contributed by atoms with Crippen molar-refractivity contribution < 1.29 is 0 Å². The van der Waals surface area contributed by atoms with E-state index in [9.17, 15) is 0 Å². The average Bonchev–Trinajstić information content (AvgIpc) is 2.37. The first-order valence-corrected chi connectivity index (χ1v) is 6.27. The lowest BCUT2D eigenvalue weighted by Gasteiger charge is -2.17. The number of nitrogens with two attached hydrogens (primary N) is 1. The van der Waals surface area contributed by atoms with Gasteiger partial charge in [-0.15, -0.1) is 0 Å². The van der Waals surface area contributed by atoms with E-state index in [4.69, 9.17) is 5.73 Å². The van der Waals surface area contributed by atoms with Crippen LogP contribution in [0.3, 0.4) is 0 Å².